The van der Waals surface area contributed by atoms with Gasteiger partial charge in [0.15, 0.2) is 6.10 Å². The van der Waals surface area contributed by atoms with Crippen molar-refractivity contribution in [1.29, 1.82) is 0 Å². The van der Waals surface area contributed by atoms with Crippen LogP contribution >= 0.6 is 31.9 Å². The average molecular weight is 443 g/mol. The molecule has 1 atom stereocenters. The Labute approximate surface area is 152 Å². The van der Waals surface area contributed by atoms with Crippen molar-refractivity contribution in [3.8, 4) is 11.5 Å². The van der Waals surface area contributed by atoms with E-state index in [0.717, 1.165) is 14.7 Å². The van der Waals surface area contributed by atoms with Crippen LogP contribution in [0.4, 0.5) is 5.69 Å². The zero-order valence-corrected chi connectivity index (χ0v) is 16.0. The minimum absolute atomic E-state index is 0.228. The largest absolute Gasteiger partial charge is 0.494 e. The number of carbonyl (C=O) groups excluding carboxylic acids is 1. The van der Waals surface area contributed by atoms with E-state index in [1.807, 2.05) is 37.3 Å². The number of carbonyl (C=O) groups is 1. The summed E-state index contributed by atoms with van der Waals surface area (Å²) in [6, 6.07) is 12.8. The monoisotopic (exact) mass is 441 g/mol. The highest BCUT2D eigenvalue weighted by Gasteiger charge is 2.16. The lowest BCUT2D eigenvalue weighted by atomic mass is 10.2. The average Bonchev–Trinajstić information content (AvgIpc) is 2.50. The summed E-state index contributed by atoms with van der Waals surface area (Å²) in [4.78, 5) is 12.3. The van der Waals surface area contributed by atoms with Gasteiger partial charge in [0.05, 0.1) is 11.1 Å². The minimum atomic E-state index is -0.636. The molecule has 1 N–H and O–H groups in total. The maximum atomic E-state index is 12.3. The SMILES string of the molecule is CCOc1cccc(NC(=O)C(C)Oc2ccc(Br)cc2Br)c1. The van der Waals surface area contributed by atoms with E-state index in [1.165, 1.54) is 0 Å². The topological polar surface area (TPSA) is 47.6 Å². The van der Waals surface area contributed by atoms with Crippen LogP contribution in [-0.2, 0) is 4.79 Å². The van der Waals surface area contributed by atoms with Gasteiger partial charge in [0.2, 0.25) is 0 Å². The summed E-state index contributed by atoms with van der Waals surface area (Å²) in [6.45, 7) is 4.20. The second-order valence-corrected chi connectivity index (χ2v) is 6.55. The summed E-state index contributed by atoms with van der Waals surface area (Å²) < 4.78 is 12.8. The summed E-state index contributed by atoms with van der Waals surface area (Å²) in [5.41, 5.74) is 0.672. The summed E-state index contributed by atoms with van der Waals surface area (Å²) in [7, 11) is 0. The molecular formula is C17H17Br2NO3. The molecule has 0 saturated heterocycles. The molecule has 0 aliphatic heterocycles. The van der Waals surface area contributed by atoms with Gasteiger partial charge in [-0.05, 0) is 60.1 Å². The summed E-state index contributed by atoms with van der Waals surface area (Å²) in [5.74, 6) is 1.10. The molecule has 2 rings (SSSR count). The van der Waals surface area contributed by atoms with E-state index in [9.17, 15) is 4.79 Å². The van der Waals surface area contributed by atoms with Crippen LogP contribution in [0, 0.1) is 0 Å². The third-order valence-electron chi connectivity index (χ3n) is 2.98. The van der Waals surface area contributed by atoms with Crippen LogP contribution in [0.5, 0.6) is 11.5 Å². The fourth-order valence-electron chi connectivity index (χ4n) is 1.89. The number of ether oxygens (including phenoxy) is 2. The molecule has 0 saturated carbocycles. The Morgan fingerprint density at radius 2 is 2.00 bits per heavy atom. The van der Waals surface area contributed by atoms with Gasteiger partial charge in [-0.2, -0.15) is 0 Å². The fourth-order valence-corrected chi connectivity index (χ4v) is 3.03. The summed E-state index contributed by atoms with van der Waals surface area (Å²) in [5, 5.41) is 2.82. The van der Waals surface area contributed by atoms with E-state index >= 15 is 0 Å². The van der Waals surface area contributed by atoms with Crippen molar-refractivity contribution in [2.75, 3.05) is 11.9 Å². The van der Waals surface area contributed by atoms with Gasteiger partial charge in [0.1, 0.15) is 11.5 Å². The second kappa shape index (κ2) is 8.36. The van der Waals surface area contributed by atoms with E-state index in [-0.39, 0.29) is 5.91 Å². The lowest BCUT2D eigenvalue weighted by molar-refractivity contribution is -0.122. The van der Waals surface area contributed by atoms with Crippen molar-refractivity contribution in [3.63, 3.8) is 0 Å². The maximum absolute atomic E-state index is 12.3. The molecule has 0 bridgehead atoms. The van der Waals surface area contributed by atoms with Crippen LogP contribution < -0.4 is 14.8 Å². The van der Waals surface area contributed by atoms with E-state index in [0.29, 0.717) is 18.0 Å². The van der Waals surface area contributed by atoms with Crippen molar-refractivity contribution < 1.29 is 14.3 Å². The first-order chi connectivity index (χ1) is 11.0. The number of halogens is 2. The predicted octanol–water partition coefficient (Wildman–Crippen LogP) is 5.02. The first-order valence-corrected chi connectivity index (χ1v) is 8.73. The van der Waals surface area contributed by atoms with E-state index in [4.69, 9.17) is 9.47 Å². The molecule has 122 valence electrons. The third kappa shape index (κ3) is 5.25. The Morgan fingerprint density at radius 1 is 1.22 bits per heavy atom. The van der Waals surface area contributed by atoms with Crippen LogP contribution in [0.3, 0.4) is 0 Å². The normalized spacial score (nSPS) is 11.7. The Balaban J connectivity index is 2.01. The molecule has 0 aliphatic rings. The van der Waals surface area contributed by atoms with Gasteiger partial charge in [-0.3, -0.25) is 4.79 Å². The Kier molecular flexibility index (Phi) is 6.47. The molecule has 2 aromatic rings. The molecule has 1 unspecified atom stereocenters. The first kappa shape index (κ1) is 17.8. The zero-order chi connectivity index (χ0) is 16.8. The number of amides is 1. The van der Waals surface area contributed by atoms with Crippen LogP contribution in [0.1, 0.15) is 13.8 Å². The number of benzene rings is 2. The fraction of sp³-hybridized carbons (Fsp3) is 0.235. The number of hydrogen-bond donors (Lipinski definition) is 1. The lowest BCUT2D eigenvalue weighted by Gasteiger charge is -2.16. The lowest BCUT2D eigenvalue weighted by Crippen LogP contribution is -2.30. The van der Waals surface area contributed by atoms with Crippen molar-refractivity contribution in [2.24, 2.45) is 0 Å². The number of rotatable bonds is 6. The van der Waals surface area contributed by atoms with Crippen molar-refractivity contribution in [2.45, 2.75) is 20.0 Å². The molecule has 4 nitrogen and oxygen atoms in total. The molecule has 2 aromatic carbocycles. The van der Waals surface area contributed by atoms with Gasteiger partial charge < -0.3 is 14.8 Å². The number of anilines is 1. The molecule has 0 heterocycles. The van der Waals surface area contributed by atoms with Gasteiger partial charge in [0.25, 0.3) is 5.91 Å². The minimum Gasteiger partial charge on any atom is -0.494 e. The maximum Gasteiger partial charge on any atom is 0.265 e. The van der Waals surface area contributed by atoms with Crippen LogP contribution in [0.15, 0.2) is 51.4 Å². The standard InChI is InChI=1S/C17H17Br2NO3/c1-3-22-14-6-4-5-13(10-14)20-17(21)11(2)23-16-8-7-12(18)9-15(16)19/h4-11H,3H2,1-2H3,(H,20,21). The van der Waals surface area contributed by atoms with Crippen LogP contribution in [-0.4, -0.2) is 18.6 Å². The van der Waals surface area contributed by atoms with Gasteiger partial charge in [0, 0.05) is 16.2 Å². The molecule has 23 heavy (non-hydrogen) atoms. The molecule has 0 aromatic heterocycles. The molecule has 0 spiro atoms. The third-order valence-corrected chi connectivity index (χ3v) is 4.09. The Hall–Kier alpha value is -1.53. The second-order valence-electron chi connectivity index (χ2n) is 4.78. The highest BCUT2D eigenvalue weighted by atomic mass is 79.9. The van der Waals surface area contributed by atoms with Crippen molar-refractivity contribution in [3.05, 3.63) is 51.4 Å². The van der Waals surface area contributed by atoms with Gasteiger partial charge in [-0.15, -0.1) is 0 Å². The molecule has 1 amide bonds. The first-order valence-electron chi connectivity index (χ1n) is 7.15. The van der Waals surface area contributed by atoms with Gasteiger partial charge >= 0.3 is 0 Å². The Bertz CT molecular complexity index is 691. The number of hydrogen-bond acceptors (Lipinski definition) is 3. The van der Waals surface area contributed by atoms with Gasteiger partial charge in [-0.1, -0.05) is 22.0 Å². The predicted molar refractivity (Wildman–Crippen MR) is 98.2 cm³/mol. The highest BCUT2D eigenvalue weighted by Crippen LogP contribution is 2.29. The Morgan fingerprint density at radius 3 is 2.70 bits per heavy atom. The quantitative estimate of drug-likeness (QED) is 0.683. The molecule has 0 radical (unpaired) electrons. The molecule has 0 fully saturated rings. The van der Waals surface area contributed by atoms with E-state index in [2.05, 4.69) is 37.2 Å². The summed E-state index contributed by atoms with van der Waals surface area (Å²) in [6.07, 6.45) is -0.636. The molecular weight excluding hydrogens is 426 g/mol. The number of nitrogens with one attached hydrogen (secondary N) is 1. The highest BCUT2D eigenvalue weighted by molar-refractivity contribution is 9.11. The zero-order valence-electron chi connectivity index (χ0n) is 12.8. The van der Waals surface area contributed by atoms with Crippen molar-refractivity contribution in [1.82, 2.24) is 0 Å². The smallest absolute Gasteiger partial charge is 0.265 e. The van der Waals surface area contributed by atoms with Crippen molar-refractivity contribution >= 4 is 43.5 Å². The summed E-state index contributed by atoms with van der Waals surface area (Å²) >= 11 is 6.79. The van der Waals surface area contributed by atoms with Crippen LogP contribution in [0.25, 0.3) is 0 Å². The van der Waals surface area contributed by atoms with Crippen LogP contribution in [0.2, 0.25) is 0 Å². The van der Waals surface area contributed by atoms with Gasteiger partial charge in [-0.25, -0.2) is 0 Å². The molecule has 6 heteroatoms. The van der Waals surface area contributed by atoms with E-state index < -0.39 is 6.10 Å². The molecule has 0 aliphatic carbocycles. The van der Waals surface area contributed by atoms with E-state index in [1.54, 1.807) is 19.1 Å².